The lowest BCUT2D eigenvalue weighted by atomic mass is 10.0. The minimum absolute atomic E-state index is 0.669. The van der Waals surface area contributed by atoms with Gasteiger partial charge in [-0.05, 0) is 50.0 Å². The van der Waals surface area contributed by atoms with Gasteiger partial charge < -0.3 is 4.57 Å². The van der Waals surface area contributed by atoms with Crippen molar-refractivity contribution < 1.29 is 0 Å². The zero-order valence-corrected chi connectivity index (χ0v) is 10.8. The maximum Gasteiger partial charge on any atom is 0.109 e. The van der Waals surface area contributed by atoms with Gasteiger partial charge in [0, 0.05) is 18.7 Å². The van der Waals surface area contributed by atoms with Crippen LogP contribution in [0.15, 0.2) is 6.20 Å². The van der Waals surface area contributed by atoms with Crippen molar-refractivity contribution in [1.82, 2.24) is 9.55 Å². The van der Waals surface area contributed by atoms with Crippen LogP contribution in [0, 0.1) is 5.92 Å². The van der Waals surface area contributed by atoms with E-state index in [4.69, 9.17) is 4.98 Å². The third kappa shape index (κ3) is 2.02. The average molecular weight is 236 g/mol. The van der Waals surface area contributed by atoms with E-state index in [0.717, 1.165) is 5.92 Å². The molecule has 2 nitrogen and oxygen atoms in total. The smallest absolute Gasteiger partial charge is 0.109 e. The van der Waals surface area contributed by atoms with E-state index in [9.17, 15) is 0 Å². The van der Waals surface area contributed by atoms with E-state index in [2.05, 4.69) is 29.4 Å². The summed E-state index contributed by atoms with van der Waals surface area (Å²) in [5, 5.41) is 0. The molecule has 0 amide bonds. The highest BCUT2D eigenvalue weighted by molar-refractivity contribution is 7.99. The number of thioether (sulfide) groups is 1. The molecule has 3 heteroatoms. The van der Waals surface area contributed by atoms with Gasteiger partial charge in [0.15, 0.2) is 0 Å². The number of imidazole rings is 1. The first-order valence-corrected chi connectivity index (χ1v) is 7.63. The molecule has 1 aromatic rings. The summed E-state index contributed by atoms with van der Waals surface area (Å²) >= 11 is 2.10. The predicted molar refractivity (Wildman–Crippen MR) is 69.0 cm³/mol. The third-order valence-electron chi connectivity index (χ3n) is 3.88. The number of aromatic nitrogens is 2. The molecular weight excluding hydrogens is 216 g/mol. The van der Waals surface area contributed by atoms with Gasteiger partial charge in [-0.3, -0.25) is 0 Å². The van der Waals surface area contributed by atoms with Crippen molar-refractivity contribution in [1.29, 1.82) is 0 Å². The molecule has 2 aliphatic rings. The normalized spacial score (nSPS) is 29.3. The van der Waals surface area contributed by atoms with E-state index in [-0.39, 0.29) is 0 Å². The average Bonchev–Trinajstić information content (AvgIpc) is 2.88. The van der Waals surface area contributed by atoms with E-state index in [1.807, 2.05) is 0 Å². The van der Waals surface area contributed by atoms with Crippen LogP contribution in [0.4, 0.5) is 0 Å². The fraction of sp³-hybridized carbons (Fsp3) is 0.769. The van der Waals surface area contributed by atoms with Gasteiger partial charge in [-0.15, -0.1) is 0 Å². The maximum atomic E-state index is 4.82. The molecule has 1 aromatic heterocycles. The number of aryl methyl sites for hydroxylation is 1. The molecular formula is C13H20N2S. The first-order valence-electron chi connectivity index (χ1n) is 6.47. The molecule has 16 heavy (non-hydrogen) atoms. The predicted octanol–water partition coefficient (Wildman–Crippen LogP) is 3.08. The van der Waals surface area contributed by atoms with Gasteiger partial charge in [-0.25, -0.2) is 4.98 Å². The summed E-state index contributed by atoms with van der Waals surface area (Å²) in [4.78, 5) is 4.82. The molecule has 2 unspecified atom stereocenters. The van der Waals surface area contributed by atoms with Crippen LogP contribution in [-0.4, -0.2) is 21.1 Å². The molecule has 3 heterocycles. The molecule has 0 aliphatic carbocycles. The first kappa shape index (κ1) is 10.7. The Morgan fingerprint density at radius 1 is 1.50 bits per heavy atom. The standard InChI is InChI=1S/C13H20N2S/c1-10-3-2-4-13-14-12(8-15(10)13)7-11-5-6-16-9-11/h8,10-11H,2-7,9H2,1H3. The van der Waals surface area contributed by atoms with Gasteiger partial charge in [0.1, 0.15) is 5.82 Å². The Morgan fingerprint density at radius 2 is 2.44 bits per heavy atom. The Hall–Kier alpha value is -0.440. The summed E-state index contributed by atoms with van der Waals surface area (Å²) in [5.41, 5.74) is 1.34. The van der Waals surface area contributed by atoms with Crippen LogP contribution in [0.25, 0.3) is 0 Å². The molecule has 1 fully saturated rings. The molecule has 0 aromatic carbocycles. The van der Waals surface area contributed by atoms with Crippen LogP contribution in [0.3, 0.4) is 0 Å². The van der Waals surface area contributed by atoms with Crippen molar-refractivity contribution in [3.05, 3.63) is 17.7 Å². The van der Waals surface area contributed by atoms with E-state index < -0.39 is 0 Å². The van der Waals surface area contributed by atoms with Gasteiger partial charge in [-0.2, -0.15) is 11.8 Å². The molecule has 0 saturated carbocycles. The van der Waals surface area contributed by atoms with Gasteiger partial charge in [0.05, 0.1) is 5.69 Å². The third-order valence-corrected chi connectivity index (χ3v) is 5.11. The van der Waals surface area contributed by atoms with Gasteiger partial charge >= 0.3 is 0 Å². The van der Waals surface area contributed by atoms with Crippen molar-refractivity contribution in [2.24, 2.45) is 5.92 Å². The molecule has 3 rings (SSSR count). The maximum absolute atomic E-state index is 4.82. The Bertz CT molecular complexity index is 366. The molecule has 2 atom stereocenters. The zero-order chi connectivity index (χ0) is 11.0. The van der Waals surface area contributed by atoms with Crippen LogP contribution in [0.5, 0.6) is 0 Å². The second kappa shape index (κ2) is 4.44. The van der Waals surface area contributed by atoms with E-state index >= 15 is 0 Å². The minimum atomic E-state index is 0.669. The lowest BCUT2D eigenvalue weighted by Gasteiger charge is -2.20. The van der Waals surface area contributed by atoms with Crippen LogP contribution < -0.4 is 0 Å². The van der Waals surface area contributed by atoms with Crippen LogP contribution >= 0.6 is 11.8 Å². The molecule has 0 radical (unpaired) electrons. The minimum Gasteiger partial charge on any atom is -0.332 e. The lowest BCUT2D eigenvalue weighted by Crippen LogP contribution is -2.14. The van der Waals surface area contributed by atoms with Gasteiger partial charge in [-0.1, -0.05) is 0 Å². The summed E-state index contributed by atoms with van der Waals surface area (Å²) in [5.74, 6) is 4.92. The van der Waals surface area contributed by atoms with Crippen molar-refractivity contribution >= 4 is 11.8 Å². The quantitative estimate of drug-likeness (QED) is 0.785. The monoisotopic (exact) mass is 236 g/mol. The van der Waals surface area contributed by atoms with Crippen LogP contribution in [0.1, 0.15) is 43.7 Å². The van der Waals surface area contributed by atoms with E-state index in [1.165, 1.54) is 55.1 Å². The molecule has 0 spiro atoms. The second-order valence-corrected chi connectivity index (χ2v) is 6.38. The van der Waals surface area contributed by atoms with Gasteiger partial charge in [0.25, 0.3) is 0 Å². The summed E-state index contributed by atoms with van der Waals surface area (Å²) < 4.78 is 2.42. The summed E-state index contributed by atoms with van der Waals surface area (Å²) in [6, 6.07) is 0.669. The molecule has 88 valence electrons. The first-order chi connectivity index (χ1) is 7.83. The van der Waals surface area contributed by atoms with E-state index in [1.54, 1.807) is 0 Å². The highest BCUT2D eigenvalue weighted by atomic mass is 32.2. The second-order valence-electron chi connectivity index (χ2n) is 5.23. The summed E-state index contributed by atoms with van der Waals surface area (Å²) in [7, 11) is 0. The molecule has 1 saturated heterocycles. The lowest BCUT2D eigenvalue weighted by molar-refractivity contribution is 0.425. The fourth-order valence-corrected chi connectivity index (χ4v) is 4.17. The number of hydrogen-bond donors (Lipinski definition) is 0. The number of fused-ring (bicyclic) bond motifs is 1. The van der Waals surface area contributed by atoms with Crippen molar-refractivity contribution in [3.63, 3.8) is 0 Å². The SMILES string of the molecule is CC1CCCc2nc(CC3CCSC3)cn21. The number of hydrogen-bond acceptors (Lipinski definition) is 2. The zero-order valence-electron chi connectivity index (χ0n) is 9.98. The molecule has 0 N–H and O–H groups in total. The van der Waals surface area contributed by atoms with Crippen LogP contribution in [0.2, 0.25) is 0 Å². The van der Waals surface area contributed by atoms with Gasteiger partial charge in [0.2, 0.25) is 0 Å². The molecule has 2 aliphatic heterocycles. The Labute approximate surface area is 102 Å². The fourth-order valence-electron chi connectivity index (χ4n) is 2.89. The Morgan fingerprint density at radius 3 is 3.19 bits per heavy atom. The highest BCUT2D eigenvalue weighted by Gasteiger charge is 2.21. The topological polar surface area (TPSA) is 17.8 Å². The summed E-state index contributed by atoms with van der Waals surface area (Å²) in [6.45, 7) is 2.32. The number of nitrogens with zero attached hydrogens (tertiary/aromatic N) is 2. The molecule has 0 bridgehead atoms. The highest BCUT2D eigenvalue weighted by Crippen LogP contribution is 2.28. The van der Waals surface area contributed by atoms with E-state index in [0.29, 0.717) is 6.04 Å². The van der Waals surface area contributed by atoms with Crippen molar-refractivity contribution in [2.45, 2.75) is 45.1 Å². The summed E-state index contributed by atoms with van der Waals surface area (Å²) in [6.07, 6.45) is 8.74. The van der Waals surface area contributed by atoms with Crippen LogP contribution in [-0.2, 0) is 12.8 Å². The van der Waals surface area contributed by atoms with Crippen molar-refractivity contribution in [3.8, 4) is 0 Å². The largest absolute Gasteiger partial charge is 0.332 e. The van der Waals surface area contributed by atoms with Crippen molar-refractivity contribution in [2.75, 3.05) is 11.5 Å². The Balaban J connectivity index is 1.75. The Kier molecular flexibility index (Phi) is 2.97. The number of rotatable bonds is 2.